The minimum Gasteiger partial charge on any atom is -0.366 e. The van der Waals surface area contributed by atoms with Crippen molar-refractivity contribution in [1.29, 1.82) is 0 Å². The van der Waals surface area contributed by atoms with Gasteiger partial charge in [-0.2, -0.15) is 0 Å². The van der Waals surface area contributed by atoms with Crippen LogP contribution in [0.5, 0.6) is 0 Å². The van der Waals surface area contributed by atoms with E-state index in [1.54, 1.807) is 24.3 Å². The third kappa shape index (κ3) is 2.93. The number of rotatable bonds is 4. The molecule has 0 aromatic carbocycles. The molecule has 0 saturated heterocycles. The number of nitrogens with one attached hydrogen (secondary N) is 1. The van der Waals surface area contributed by atoms with E-state index in [2.05, 4.69) is 20.3 Å². The molecule has 5 heteroatoms. The second-order valence-corrected chi connectivity index (χ2v) is 3.99. The maximum Gasteiger partial charge on any atom is 0.130 e. The molecule has 2 heterocycles. The molecule has 1 N–H and O–H groups in total. The van der Waals surface area contributed by atoms with Crippen molar-refractivity contribution in [1.82, 2.24) is 15.0 Å². The Morgan fingerprint density at radius 2 is 2.31 bits per heavy atom. The first-order chi connectivity index (χ1) is 7.88. The number of hydrogen-bond acceptors (Lipinski definition) is 5. The van der Waals surface area contributed by atoms with Gasteiger partial charge in [-0.05, 0) is 17.9 Å². The lowest BCUT2D eigenvalue weighted by Crippen LogP contribution is -2.01. The van der Waals surface area contributed by atoms with E-state index in [1.807, 2.05) is 30.7 Å². The second-order valence-electron chi connectivity index (χ2n) is 3.16. The van der Waals surface area contributed by atoms with Gasteiger partial charge in [-0.15, -0.1) is 11.8 Å². The van der Waals surface area contributed by atoms with Gasteiger partial charge < -0.3 is 5.32 Å². The largest absolute Gasteiger partial charge is 0.366 e. The summed E-state index contributed by atoms with van der Waals surface area (Å²) in [5.74, 6) is 0.836. The molecule has 0 aliphatic heterocycles. The number of aromatic nitrogens is 3. The maximum atomic E-state index is 4.15. The predicted molar refractivity (Wildman–Crippen MR) is 65.4 cm³/mol. The van der Waals surface area contributed by atoms with Gasteiger partial charge in [0.25, 0.3) is 0 Å². The van der Waals surface area contributed by atoms with Crippen LogP contribution in [-0.2, 0) is 6.54 Å². The Hall–Kier alpha value is -1.62. The van der Waals surface area contributed by atoms with E-state index in [4.69, 9.17) is 0 Å². The molecule has 2 aromatic rings. The van der Waals surface area contributed by atoms with Crippen LogP contribution in [0, 0.1) is 0 Å². The fourth-order valence-corrected chi connectivity index (χ4v) is 1.63. The van der Waals surface area contributed by atoms with Gasteiger partial charge >= 0.3 is 0 Å². The summed E-state index contributed by atoms with van der Waals surface area (Å²) in [5, 5.41) is 4.19. The van der Waals surface area contributed by atoms with Gasteiger partial charge in [0.2, 0.25) is 0 Å². The Labute approximate surface area is 98.6 Å². The van der Waals surface area contributed by atoms with Gasteiger partial charge in [-0.3, -0.25) is 4.98 Å². The van der Waals surface area contributed by atoms with Gasteiger partial charge in [0.05, 0.1) is 0 Å². The summed E-state index contributed by atoms with van der Waals surface area (Å²) >= 11 is 1.60. The fraction of sp³-hybridized carbons (Fsp3) is 0.182. The van der Waals surface area contributed by atoms with Crippen LogP contribution in [0.4, 0.5) is 5.82 Å². The minimum atomic E-state index is 0.721. The van der Waals surface area contributed by atoms with Crippen molar-refractivity contribution < 1.29 is 0 Å². The van der Waals surface area contributed by atoms with Gasteiger partial charge in [-0.1, -0.05) is 6.07 Å². The molecule has 0 spiro atoms. The highest BCUT2D eigenvalue weighted by Gasteiger charge is 1.97. The van der Waals surface area contributed by atoms with Gasteiger partial charge in [0.15, 0.2) is 0 Å². The molecule has 0 radical (unpaired) electrons. The fourth-order valence-electron chi connectivity index (χ4n) is 1.24. The van der Waals surface area contributed by atoms with Crippen molar-refractivity contribution in [2.75, 3.05) is 11.6 Å². The lowest BCUT2D eigenvalue weighted by molar-refractivity contribution is 1.02. The SMILES string of the molecule is CSc1cc(NCc2cccnc2)ncn1. The Kier molecular flexibility index (Phi) is 3.71. The molecular formula is C11H12N4S. The molecule has 2 rings (SSSR count). The normalized spacial score (nSPS) is 10.1. The quantitative estimate of drug-likeness (QED) is 0.647. The molecule has 0 unspecified atom stereocenters. The van der Waals surface area contributed by atoms with Crippen molar-refractivity contribution >= 4 is 17.6 Å². The summed E-state index contributed by atoms with van der Waals surface area (Å²) < 4.78 is 0. The topological polar surface area (TPSA) is 50.7 Å². The summed E-state index contributed by atoms with van der Waals surface area (Å²) in [6, 6.07) is 5.88. The number of pyridine rings is 1. The molecular weight excluding hydrogens is 220 g/mol. The first kappa shape index (κ1) is 10.9. The number of thioether (sulfide) groups is 1. The van der Waals surface area contributed by atoms with E-state index in [9.17, 15) is 0 Å². The second kappa shape index (κ2) is 5.46. The predicted octanol–water partition coefficient (Wildman–Crippen LogP) is 2.21. The molecule has 82 valence electrons. The highest BCUT2D eigenvalue weighted by atomic mass is 32.2. The van der Waals surface area contributed by atoms with Gasteiger partial charge in [-0.25, -0.2) is 9.97 Å². The van der Waals surface area contributed by atoms with E-state index >= 15 is 0 Å². The average Bonchev–Trinajstić information content (AvgIpc) is 2.38. The van der Waals surface area contributed by atoms with Crippen LogP contribution in [0.25, 0.3) is 0 Å². The molecule has 4 nitrogen and oxygen atoms in total. The number of nitrogens with zero attached hydrogens (tertiary/aromatic N) is 3. The summed E-state index contributed by atoms with van der Waals surface area (Å²) in [6.45, 7) is 0.721. The first-order valence-electron chi connectivity index (χ1n) is 4.87. The summed E-state index contributed by atoms with van der Waals surface area (Å²) in [6.07, 6.45) is 7.16. The number of anilines is 1. The van der Waals surface area contributed by atoms with Crippen LogP contribution in [0.1, 0.15) is 5.56 Å². The molecule has 16 heavy (non-hydrogen) atoms. The van der Waals surface area contributed by atoms with Crippen molar-refractivity contribution in [3.8, 4) is 0 Å². The van der Waals surface area contributed by atoms with Crippen LogP contribution in [0.15, 0.2) is 41.9 Å². The van der Waals surface area contributed by atoms with Crippen LogP contribution in [-0.4, -0.2) is 21.2 Å². The van der Waals surface area contributed by atoms with Crippen LogP contribution in [0.3, 0.4) is 0 Å². The van der Waals surface area contributed by atoms with E-state index in [0.717, 1.165) is 23.0 Å². The molecule has 0 aliphatic carbocycles. The molecule has 0 aliphatic rings. The zero-order chi connectivity index (χ0) is 11.2. The molecule has 0 saturated carbocycles. The Morgan fingerprint density at radius 3 is 3.06 bits per heavy atom. The average molecular weight is 232 g/mol. The maximum absolute atomic E-state index is 4.15. The van der Waals surface area contributed by atoms with E-state index in [0.29, 0.717) is 0 Å². The molecule has 0 amide bonds. The van der Waals surface area contributed by atoms with E-state index in [-0.39, 0.29) is 0 Å². The standard InChI is InChI=1S/C11H12N4S/c1-16-11-5-10(14-8-15-11)13-7-9-3-2-4-12-6-9/h2-6,8H,7H2,1H3,(H,13,14,15). The Bertz CT molecular complexity index is 447. The van der Waals surface area contributed by atoms with E-state index in [1.165, 1.54) is 0 Å². The molecule has 0 atom stereocenters. The zero-order valence-corrected chi connectivity index (χ0v) is 9.74. The summed E-state index contributed by atoms with van der Waals surface area (Å²) in [7, 11) is 0. The lowest BCUT2D eigenvalue weighted by Gasteiger charge is -2.05. The van der Waals surface area contributed by atoms with Crippen LogP contribution < -0.4 is 5.32 Å². The van der Waals surface area contributed by atoms with Crippen molar-refractivity contribution in [3.63, 3.8) is 0 Å². The van der Waals surface area contributed by atoms with Gasteiger partial charge in [0, 0.05) is 25.0 Å². The first-order valence-corrected chi connectivity index (χ1v) is 6.10. The van der Waals surface area contributed by atoms with Crippen molar-refractivity contribution in [2.24, 2.45) is 0 Å². The highest BCUT2D eigenvalue weighted by Crippen LogP contribution is 2.14. The third-order valence-electron chi connectivity index (χ3n) is 2.05. The minimum absolute atomic E-state index is 0.721. The van der Waals surface area contributed by atoms with Gasteiger partial charge in [0.1, 0.15) is 17.2 Å². The third-order valence-corrected chi connectivity index (χ3v) is 2.69. The van der Waals surface area contributed by atoms with E-state index < -0.39 is 0 Å². The Balaban J connectivity index is 1.99. The van der Waals surface area contributed by atoms with Crippen molar-refractivity contribution in [2.45, 2.75) is 11.6 Å². The molecule has 2 aromatic heterocycles. The monoisotopic (exact) mass is 232 g/mol. The Morgan fingerprint density at radius 1 is 1.38 bits per heavy atom. The summed E-state index contributed by atoms with van der Waals surface area (Å²) in [4.78, 5) is 12.3. The zero-order valence-electron chi connectivity index (χ0n) is 8.92. The lowest BCUT2D eigenvalue weighted by atomic mass is 10.3. The highest BCUT2D eigenvalue weighted by molar-refractivity contribution is 7.98. The van der Waals surface area contributed by atoms with Crippen LogP contribution >= 0.6 is 11.8 Å². The smallest absolute Gasteiger partial charge is 0.130 e. The molecule has 0 fully saturated rings. The summed E-state index contributed by atoms with van der Waals surface area (Å²) in [5.41, 5.74) is 1.13. The molecule has 0 bridgehead atoms. The number of hydrogen-bond donors (Lipinski definition) is 1. The van der Waals surface area contributed by atoms with Crippen LogP contribution in [0.2, 0.25) is 0 Å². The van der Waals surface area contributed by atoms with Crippen molar-refractivity contribution in [3.05, 3.63) is 42.5 Å².